The summed E-state index contributed by atoms with van der Waals surface area (Å²) in [5.74, 6) is 0.394. The first kappa shape index (κ1) is 14.3. The lowest BCUT2D eigenvalue weighted by molar-refractivity contribution is -0.132. The number of nitrogens with zero attached hydrogens (tertiary/aromatic N) is 2. The Morgan fingerprint density at radius 1 is 1.26 bits per heavy atom. The molecule has 3 nitrogen and oxygen atoms in total. The van der Waals surface area contributed by atoms with Gasteiger partial charge in [0.15, 0.2) is 0 Å². The van der Waals surface area contributed by atoms with Crippen LogP contribution in [-0.2, 0) is 11.2 Å². The Hall–Kier alpha value is -1.13. The SMILES string of the molecule is O=C(Cc1cccc(F)c1)N1CCN(CCCl)CC1. The molecule has 1 amide bonds. The number of alkyl halides is 1. The van der Waals surface area contributed by atoms with Crippen molar-refractivity contribution < 1.29 is 9.18 Å². The van der Waals surface area contributed by atoms with Crippen LogP contribution in [0.2, 0.25) is 0 Å². The molecule has 0 N–H and O–H groups in total. The molecule has 0 saturated carbocycles. The molecular weight excluding hydrogens is 267 g/mol. The summed E-state index contributed by atoms with van der Waals surface area (Å²) < 4.78 is 13.1. The van der Waals surface area contributed by atoms with Crippen molar-refractivity contribution in [3.8, 4) is 0 Å². The van der Waals surface area contributed by atoms with E-state index in [0.29, 0.717) is 5.88 Å². The maximum Gasteiger partial charge on any atom is 0.227 e. The fraction of sp³-hybridized carbons (Fsp3) is 0.500. The van der Waals surface area contributed by atoms with E-state index in [2.05, 4.69) is 4.90 Å². The number of piperazine rings is 1. The van der Waals surface area contributed by atoms with Gasteiger partial charge in [0.1, 0.15) is 5.82 Å². The zero-order chi connectivity index (χ0) is 13.7. The van der Waals surface area contributed by atoms with Gasteiger partial charge in [0.2, 0.25) is 5.91 Å². The van der Waals surface area contributed by atoms with E-state index in [0.717, 1.165) is 38.3 Å². The lowest BCUT2D eigenvalue weighted by atomic mass is 10.1. The van der Waals surface area contributed by atoms with Crippen LogP contribution >= 0.6 is 11.6 Å². The molecule has 0 aromatic heterocycles. The van der Waals surface area contributed by atoms with E-state index in [1.165, 1.54) is 12.1 Å². The van der Waals surface area contributed by atoms with Gasteiger partial charge in [0, 0.05) is 38.6 Å². The van der Waals surface area contributed by atoms with E-state index < -0.39 is 0 Å². The second-order valence-corrected chi connectivity index (χ2v) is 5.10. The number of carbonyl (C=O) groups is 1. The van der Waals surface area contributed by atoms with Crippen LogP contribution in [-0.4, -0.2) is 54.3 Å². The highest BCUT2D eigenvalue weighted by atomic mass is 35.5. The van der Waals surface area contributed by atoms with Crippen LogP contribution in [0.4, 0.5) is 4.39 Å². The monoisotopic (exact) mass is 284 g/mol. The van der Waals surface area contributed by atoms with Gasteiger partial charge in [-0.3, -0.25) is 9.69 Å². The molecule has 0 radical (unpaired) electrons. The molecule has 2 rings (SSSR count). The third-order valence-corrected chi connectivity index (χ3v) is 3.54. The predicted octanol–water partition coefficient (Wildman–Crippen LogP) is 1.75. The van der Waals surface area contributed by atoms with E-state index in [-0.39, 0.29) is 18.1 Å². The van der Waals surface area contributed by atoms with Gasteiger partial charge < -0.3 is 4.90 Å². The van der Waals surface area contributed by atoms with Crippen LogP contribution in [0.15, 0.2) is 24.3 Å². The second kappa shape index (κ2) is 6.87. The smallest absolute Gasteiger partial charge is 0.227 e. The molecule has 1 saturated heterocycles. The Morgan fingerprint density at radius 2 is 2.00 bits per heavy atom. The third-order valence-electron chi connectivity index (χ3n) is 3.37. The summed E-state index contributed by atoms with van der Waals surface area (Å²) in [6.45, 7) is 4.05. The number of amides is 1. The zero-order valence-corrected chi connectivity index (χ0v) is 11.6. The molecule has 1 heterocycles. The molecule has 5 heteroatoms. The van der Waals surface area contributed by atoms with Crippen LogP contribution in [0.1, 0.15) is 5.56 Å². The average Bonchev–Trinajstić information content (AvgIpc) is 2.40. The number of benzene rings is 1. The summed E-state index contributed by atoms with van der Waals surface area (Å²) in [6.07, 6.45) is 0.271. The highest BCUT2D eigenvalue weighted by Gasteiger charge is 2.20. The van der Waals surface area contributed by atoms with E-state index in [9.17, 15) is 9.18 Å². The van der Waals surface area contributed by atoms with Gasteiger partial charge in [-0.2, -0.15) is 0 Å². The molecule has 19 heavy (non-hydrogen) atoms. The topological polar surface area (TPSA) is 23.6 Å². The normalized spacial score (nSPS) is 16.6. The highest BCUT2D eigenvalue weighted by Crippen LogP contribution is 2.08. The van der Waals surface area contributed by atoms with Gasteiger partial charge in [-0.15, -0.1) is 11.6 Å². The number of hydrogen-bond acceptors (Lipinski definition) is 2. The molecule has 104 valence electrons. The predicted molar refractivity (Wildman–Crippen MR) is 73.8 cm³/mol. The molecule has 1 aliphatic rings. The molecule has 0 atom stereocenters. The van der Waals surface area contributed by atoms with E-state index in [4.69, 9.17) is 11.6 Å². The zero-order valence-electron chi connectivity index (χ0n) is 10.8. The Labute approximate surface area is 117 Å². The minimum absolute atomic E-state index is 0.0659. The summed E-state index contributed by atoms with van der Waals surface area (Å²) in [7, 11) is 0. The molecule has 1 fully saturated rings. The first-order valence-corrected chi connectivity index (χ1v) is 7.03. The summed E-state index contributed by atoms with van der Waals surface area (Å²) in [4.78, 5) is 16.2. The maximum atomic E-state index is 13.1. The van der Waals surface area contributed by atoms with E-state index >= 15 is 0 Å². The second-order valence-electron chi connectivity index (χ2n) is 4.72. The van der Waals surface area contributed by atoms with Crippen LogP contribution in [0.25, 0.3) is 0 Å². The summed E-state index contributed by atoms with van der Waals surface area (Å²) in [6, 6.07) is 6.22. The largest absolute Gasteiger partial charge is 0.340 e. The summed E-state index contributed by atoms with van der Waals surface area (Å²) >= 11 is 5.70. The van der Waals surface area contributed by atoms with Crippen LogP contribution in [0.3, 0.4) is 0 Å². The minimum atomic E-state index is -0.294. The van der Waals surface area contributed by atoms with Crippen LogP contribution in [0, 0.1) is 5.82 Å². The van der Waals surface area contributed by atoms with Crippen molar-refractivity contribution in [2.24, 2.45) is 0 Å². The molecule has 0 bridgehead atoms. The summed E-state index contributed by atoms with van der Waals surface area (Å²) in [5.41, 5.74) is 0.730. The Morgan fingerprint density at radius 3 is 2.63 bits per heavy atom. The number of carbonyl (C=O) groups excluding carboxylic acids is 1. The fourth-order valence-electron chi connectivity index (χ4n) is 2.27. The summed E-state index contributed by atoms with van der Waals surface area (Å²) in [5, 5.41) is 0. The van der Waals surface area contributed by atoms with Crippen LogP contribution < -0.4 is 0 Å². The number of hydrogen-bond donors (Lipinski definition) is 0. The Balaban J connectivity index is 1.84. The highest BCUT2D eigenvalue weighted by molar-refractivity contribution is 6.18. The lowest BCUT2D eigenvalue weighted by Gasteiger charge is -2.34. The molecule has 1 aromatic carbocycles. The molecule has 0 spiro atoms. The molecular formula is C14H18ClFN2O. The van der Waals surface area contributed by atoms with Crippen molar-refractivity contribution in [2.75, 3.05) is 38.6 Å². The lowest BCUT2D eigenvalue weighted by Crippen LogP contribution is -2.49. The van der Waals surface area contributed by atoms with Crippen molar-refractivity contribution in [1.29, 1.82) is 0 Å². The van der Waals surface area contributed by atoms with E-state index in [1.54, 1.807) is 12.1 Å². The number of halogens is 2. The number of rotatable bonds is 4. The quantitative estimate of drug-likeness (QED) is 0.787. The van der Waals surface area contributed by atoms with Gasteiger partial charge in [0.25, 0.3) is 0 Å². The fourth-order valence-corrected chi connectivity index (χ4v) is 2.51. The van der Waals surface area contributed by atoms with Crippen molar-refractivity contribution in [1.82, 2.24) is 9.80 Å². The molecule has 0 aliphatic carbocycles. The van der Waals surface area contributed by atoms with Crippen molar-refractivity contribution in [2.45, 2.75) is 6.42 Å². The van der Waals surface area contributed by atoms with Crippen LogP contribution in [0.5, 0.6) is 0 Å². The van der Waals surface area contributed by atoms with Gasteiger partial charge in [0.05, 0.1) is 6.42 Å². The maximum absolute atomic E-state index is 13.1. The first-order chi connectivity index (χ1) is 9.19. The van der Waals surface area contributed by atoms with Gasteiger partial charge in [-0.1, -0.05) is 12.1 Å². The Kier molecular flexibility index (Phi) is 5.16. The van der Waals surface area contributed by atoms with Crippen molar-refractivity contribution in [3.05, 3.63) is 35.6 Å². The van der Waals surface area contributed by atoms with Crippen molar-refractivity contribution >= 4 is 17.5 Å². The minimum Gasteiger partial charge on any atom is -0.340 e. The van der Waals surface area contributed by atoms with Gasteiger partial charge >= 0.3 is 0 Å². The first-order valence-electron chi connectivity index (χ1n) is 6.49. The molecule has 1 aromatic rings. The van der Waals surface area contributed by atoms with Crippen molar-refractivity contribution in [3.63, 3.8) is 0 Å². The van der Waals surface area contributed by atoms with Gasteiger partial charge in [-0.05, 0) is 17.7 Å². The molecule has 0 unspecified atom stereocenters. The standard InChI is InChI=1S/C14H18ClFN2O/c15-4-5-17-6-8-18(9-7-17)14(19)11-12-2-1-3-13(16)10-12/h1-3,10H,4-9,11H2. The third kappa shape index (κ3) is 4.18. The Bertz CT molecular complexity index is 433. The average molecular weight is 285 g/mol. The molecule has 1 aliphatic heterocycles. The van der Waals surface area contributed by atoms with E-state index in [1.807, 2.05) is 4.90 Å². The van der Waals surface area contributed by atoms with Gasteiger partial charge in [-0.25, -0.2) is 4.39 Å².